The summed E-state index contributed by atoms with van der Waals surface area (Å²) in [5.74, 6) is 0.628. The second-order valence-corrected chi connectivity index (χ2v) is 5.90. The van der Waals surface area contributed by atoms with E-state index in [0.29, 0.717) is 12.5 Å². The number of hydrogen-bond acceptors (Lipinski definition) is 2. The van der Waals surface area contributed by atoms with Gasteiger partial charge in [-0.1, -0.05) is 24.3 Å². The summed E-state index contributed by atoms with van der Waals surface area (Å²) in [6.07, 6.45) is 4.74. The molecule has 0 aliphatic carbocycles. The number of rotatable bonds is 3. The Hall–Kier alpha value is -2.10. The molecule has 1 saturated heterocycles. The summed E-state index contributed by atoms with van der Waals surface area (Å²) >= 11 is 0. The summed E-state index contributed by atoms with van der Waals surface area (Å²) in [7, 11) is 0. The van der Waals surface area contributed by atoms with Gasteiger partial charge in [-0.3, -0.25) is 9.48 Å². The first kappa shape index (κ1) is 13.9. The Kier molecular flexibility index (Phi) is 3.78. The SMILES string of the molecule is Cc1cnn(CC(=O)N2CCC(c3ccccc3C)C2)c1. The van der Waals surface area contributed by atoms with Gasteiger partial charge in [0, 0.05) is 25.2 Å². The van der Waals surface area contributed by atoms with Crippen LogP contribution in [0.2, 0.25) is 0 Å². The molecule has 4 heteroatoms. The summed E-state index contributed by atoms with van der Waals surface area (Å²) < 4.78 is 1.72. The third-order valence-electron chi connectivity index (χ3n) is 4.23. The number of amides is 1. The number of likely N-dealkylation sites (tertiary alicyclic amines) is 1. The van der Waals surface area contributed by atoms with Crippen LogP contribution < -0.4 is 0 Å². The van der Waals surface area contributed by atoms with Gasteiger partial charge in [-0.25, -0.2) is 0 Å². The van der Waals surface area contributed by atoms with Crippen molar-refractivity contribution in [3.63, 3.8) is 0 Å². The van der Waals surface area contributed by atoms with E-state index >= 15 is 0 Å². The molecule has 0 spiro atoms. The maximum Gasteiger partial charge on any atom is 0.244 e. The molecule has 1 amide bonds. The van der Waals surface area contributed by atoms with Crippen molar-refractivity contribution in [2.45, 2.75) is 32.7 Å². The smallest absolute Gasteiger partial charge is 0.244 e. The molecule has 0 radical (unpaired) electrons. The molecule has 1 aliphatic rings. The van der Waals surface area contributed by atoms with Crippen LogP contribution in [0.5, 0.6) is 0 Å². The molecule has 2 aromatic rings. The van der Waals surface area contributed by atoms with Crippen molar-refractivity contribution in [1.82, 2.24) is 14.7 Å². The summed E-state index contributed by atoms with van der Waals surface area (Å²) in [6.45, 7) is 6.14. The average Bonchev–Trinajstić information content (AvgIpc) is 3.09. The molecule has 0 N–H and O–H groups in total. The van der Waals surface area contributed by atoms with Gasteiger partial charge in [-0.15, -0.1) is 0 Å². The quantitative estimate of drug-likeness (QED) is 0.868. The third kappa shape index (κ3) is 2.99. The summed E-state index contributed by atoms with van der Waals surface area (Å²) in [4.78, 5) is 14.3. The zero-order valence-corrected chi connectivity index (χ0v) is 12.6. The fourth-order valence-electron chi connectivity index (χ4n) is 3.08. The maximum atomic E-state index is 12.4. The lowest BCUT2D eigenvalue weighted by atomic mass is 9.94. The van der Waals surface area contributed by atoms with E-state index in [-0.39, 0.29) is 5.91 Å². The van der Waals surface area contributed by atoms with Gasteiger partial charge >= 0.3 is 0 Å². The predicted octanol–water partition coefficient (Wildman–Crippen LogP) is 2.52. The van der Waals surface area contributed by atoms with Crippen molar-refractivity contribution < 1.29 is 4.79 Å². The molecule has 1 fully saturated rings. The van der Waals surface area contributed by atoms with Crippen LogP contribution in [-0.4, -0.2) is 33.7 Å². The predicted molar refractivity (Wildman–Crippen MR) is 82.1 cm³/mol. The fraction of sp³-hybridized carbons (Fsp3) is 0.412. The first-order valence-electron chi connectivity index (χ1n) is 7.46. The minimum absolute atomic E-state index is 0.161. The molecule has 0 saturated carbocycles. The normalized spacial score (nSPS) is 18.2. The number of nitrogens with zero attached hydrogens (tertiary/aromatic N) is 3. The molecule has 1 aromatic heterocycles. The average molecular weight is 283 g/mol. The van der Waals surface area contributed by atoms with Gasteiger partial charge in [0.25, 0.3) is 0 Å². The molecule has 1 aromatic carbocycles. The maximum absolute atomic E-state index is 12.4. The Bertz CT molecular complexity index is 647. The second-order valence-electron chi connectivity index (χ2n) is 5.90. The lowest BCUT2D eigenvalue weighted by Gasteiger charge is -2.17. The lowest BCUT2D eigenvalue weighted by molar-refractivity contribution is -0.131. The van der Waals surface area contributed by atoms with Gasteiger partial charge in [0.05, 0.1) is 6.20 Å². The Morgan fingerprint density at radius 3 is 2.86 bits per heavy atom. The van der Waals surface area contributed by atoms with E-state index in [9.17, 15) is 4.79 Å². The highest BCUT2D eigenvalue weighted by atomic mass is 16.2. The van der Waals surface area contributed by atoms with Crippen LogP contribution in [0.3, 0.4) is 0 Å². The number of benzene rings is 1. The van der Waals surface area contributed by atoms with Gasteiger partial charge in [-0.05, 0) is 37.0 Å². The highest BCUT2D eigenvalue weighted by molar-refractivity contribution is 5.76. The van der Waals surface area contributed by atoms with Gasteiger partial charge in [0.15, 0.2) is 0 Å². The van der Waals surface area contributed by atoms with Crippen LogP contribution in [0.4, 0.5) is 0 Å². The minimum Gasteiger partial charge on any atom is -0.340 e. The summed E-state index contributed by atoms with van der Waals surface area (Å²) in [6, 6.07) is 8.48. The summed E-state index contributed by atoms with van der Waals surface area (Å²) in [5, 5.41) is 4.19. The highest BCUT2D eigenvalue weighted by Crippen LogP contribution is 2.29. The van der Waals surface area contributed by atoms with Gasteiger partial charge in [0.1, 0.15) is 6.54 Å². The van der Waals surface area contributed by atoms with Crippen LogP contribution in [-0.2, 0) is 11.3 Å². The van der Waals surface area contributed by atoms with Gasteiger partial charge < -0.3 is 4.90 Å². The van der Waals surface area contributed by atoms with Crippen LogP contribution in [0.15, 0.2) is 36.7 Å². The van der Waals surface area contributed by atoms with E-state index in [4.69, 9.17) is 0 Å². The zero-order valence-electron chi connectivity index (χ0n) is 12.6. The molecule has 1 unspecified atom stereocenters. The Morgan fingerprint density at radius 1 is 1.33 bits per heavy atom. The van der Waals surface area contributed by atoms with Crippen molar-refractivity contribution in [3.8, 4) is 0 Å². The number of aryl methyl sites for hydroxylation is 2. The Balaban J connectivity index is 1.64. The summed E-state index contributed by atoms with van der Waals surface area (Å²) in [5.41, 5.74) is 3.78. The Morgan fingerprint density at radius 2 is 2.14 bits per heavy atom. The Labute approximate surface area is 125 Å². The number of hydrogen-bond donors (Lipinski definition) is 0. The van der Waals surface area contributed by atoms with Crippen LogP contribution >= 0.6 is 0 Å². The zero-order chi connectivity index (χ0) is 14.8. The molecule has 4 nitrogen and oxygen atoms in total. The topological polar surface area (TPSA) is 38.1 Å². The van der Waals surface area contributed by atoms with Crippen molar-refractivity contribution in [2.75, 3.05) is 13.1 Å². The molecule has 3 rings (SSSR count). The van der Waals surface area contributed by atoms with Gasteiger partial charge in [0.2, 0.25) is 5.91 Å². The molecule has 0 bridgehead atoms. The standard InChI is InChI=1S/C17H21N3O/c1-13-9-18-20(10-13)12-17(21)19-8-7-15(11-19)16-6-4-3-5-14(16)2/h3-6,9-10,15H,7-8,11-12H2,1-2H3. The minimum atomic E-state index is 0.161. The molecular formula is C17H21N3O. The van der Waals surface area contributed by atoms with E-state index < -0.39 is 0 Å². The first-order chi connectivity index (χ1) is 10.1. The fourth-order valence-corrected chi connectivity index (χ4v) is 3.08. The molecule has 2 heterocycles. The third-order valence-corrected chi connectivity index (χ3v) is 4.23. The van der Waals surface area contributed by atoms with E-state index in [0.717, 1.165) is 25.1 Å². The number of carbonyl (C=O) groups is 1. The molecule has 21 heavy (non-hydrogen) atoms. The van der Waals surface area contributed by atoms with Crippen LogP contribution in [0, 0.1) is 13.8 Å². The van der Waals surface area contributed by atoms with Crippen molar-refractivity contribution >= 4 is 5.91 Å². The first-order valence-corrected chi connectivity index (χ1v) is 7.46. The van der Waals surface area contributed by atoms with Crippen LogP contribution in [0.25, 0.3) is 0 Å². The molecule has 1 aliphatic heterocycles. The number of carbonyl (C=O) groups excluding carboxylic acids is 1. The van der Waals surface area contributed by atoms with E-state index in [2.05, 4.69) is 36.3 Å². The molecular weight excluding hydrogens is 262 g/mol. The van der Waals surface area contributed by atoms with Crippen molar-refractivity contribution in [2.24, 2.45) is 0 Å². The van der Waals surface area contributed by atoms with Crippen molar-refractivity contribution in [3.05, 3.63) is 53.3 Å². The molecule has 110 valence electrons. The number of aromatic nitrogens is 2. The van der Waals surface area contributed by atoms with E-state index in [1.165, 1.54) is 11.1 Å². The van der Waals surface area contributed by atoms with E-state index in [1.807, 2.05) is 18.0 Å². The van der Waals surface area contributed by atoms with Gasteiger partial charge in [-0.2, -0.15) is 5.10 Å². The highest BCUT2D eigenvalue weighted by Gasteiger charge is 2.28. The monoisotopic (exact) mass is 283 g/mol. The van der Waals surface area contributed by atoms with Crippen LogP contribution in [0.1, 0.15) is 29.0 Å². The van der Waals surface area contributed by atoms with E-state index in [1.54, 1.807) is 10.9 Å². The van der Waals surface area contributed by atoms with Crippen molar-refractivity contribution in [1.29, 1.82) is 0 Å². The largest absolute Gasteiger partial charge is 0.340 e. The second kappa shape index (κ2) is 5.72. The lowest BCUT2D eigenvalue weighted by Crippen LogP contribution is -2.31. The molecule has 1 atom stereocenters.